The van der Waals surface area contributed by atoms with Crippen molar-refractivity contribution in [1.29, 1.82) is 0 Å². The summed E-state index contributed by atoms with van der Waals surface area (Å²) in [4.78, 5) is 17.2. The van der Waals surface area contributed by atoms with Gasteiger partial charge in [0, 0.05) is 54.1 Å². The Kier molecular flexibility index (Phi) is 11.7. The number of nitrogens with zero attached hydrogens (tertiary/aromatic N) is 2. The van der Waals surface area contributed by atoms with Crippen molar-refractivity contribution in [3.63, 3.8) is 0 Å². The van der Waals surface area contributed by atoms with Crippen LogP contribution in [0, 0.1) is 5.92 Å². The van der Waals surface area contributed by atoms with Gasteiger partial charge < -0.3 is 40.3 Å². The van der Waals surface area contributed by atoms with Crippen molar-refractivity contribution in [2.45, 2.75) is 86.1 Å². The summed E-state index contributed by atoms with van der Waals surface area (Å²) < 4.78 is 41.5. The molecule has 3 fully saturated rings. The zero-order valence-electron chi connectivity index (χ0n) is 28.0. The molecule has 6 rings (SSSR count). The fourth-order valence-electron chi connectivity index (χ4n) is 6.33. The van der Waals surface area contributed by atoms with Crippen molar-refractivity contribution in [3.8, 4) is 16.9 Å². The first-order valence-corrected chi connectivity index (χ1v) is 19.0. The first-order valence-electron chi connectivity index (χ1n) is 17.2. The van der Waals surface area contributed by atoms with Crippen LogP contribution in [0.3, 0.4) is 0 Å². The number of hydrogen-bond acceptors (Lipinski definition) is 11. The number of rotatable bonds is 16. The van der Waals surface area contributed by atoms with Gasteiger partial charge in [-0.2, -0.15) is 4.31 Å². The van der Waals surface area contributed by atoms with Crippen molar-refractivity contribution in [2.75, 3.05) is 26.2 Å². The van der Waals surface area contributed by atoms with Crippen LogP contribution in [0.25, 0.3) is 11.1 Å². The van der Waals surface area contributed by atoms with Crippen LogP contribution in [-0.2, 0) is 31.8 Å². The molecule has 6 N–H and O–H groups in total. The second-order valence-corrected chi connectivity index (χ2v) is 15.8. The van der Waals surface area contributed by atoms with Gasteiger partial charge in [0.25, 0.3) is 0 Å². The molecule has 0 radical (unpaired) electrons. The predicted octanol–water partition coefficient (Wildman–Crippen LogP) is 2.10. The minimum atomic E-state index is -3.93. The molecule has 0 unspecified atom stereocenters. The number of piperidine rings is 1. The Balaban J connectivity index is 1.07. The van der Waals surface area contributed by atoms with Crippen molar-refractivity contribution < 1.29 is 48.2 Å². The molecule has 1 aliphatic heterocycles. The monoisotopic (exact) mass is 745 g/mol. The van der Waals surface area contributed by atoms with E-state index in [4.69, 9.17) is 26.2 Å². The largest absolute Gasteiger partial charge is 0.490 e. The van der Waals surface area contributed by atoms with Crippen LogP contribution in [0.1, 0.15) is 49.7 Å². The third-order valence-electron chi connectivity index (χ3n) is 9.81. The number of ether oxygens (including phenoxy) is 2. The summed E-state index contributed by atoms with van der Waals surface area (Å²) >= 11 is 6.56. The summed E-state index contributed by atoms with van der Waals surface area (Å²) in [6.07, 6.45) is 1.02. The Labute approximate surface area is 301 Å². The fourth-order valence-corrected chi connectivity index (χ4v) is 8.03. The van der Waals surface area contributed by atoms with E-state index in [1.165, 1.54) is 16.4 Å². The molecule has 0 bridgehead atoms. The SMILES string of the molecule is O=C(NC[C@H](O)[C@@H](O)[C@H](O)[C@H](O)CO)C1CCN(S(=O)(=O)c2ccc(Cl)c(COC3(c4cnccc4-c4ccccc4OC4CC4)CC3)c2)CC1. The third kappa shape index (κ3) is 8.56. The third-order valence-corrected chi connectivity index (χ3v) is 12.1. The zero-order chi connectivity index (χ0) is 36.3. The van der Waals surface area contributed by atoms with E-state index in [-0.39, 0.29) is 43.5 Å². The number of amides is 1. The molecule has 2 heterocycles. The highest BCUT2D eigenvalue weighted by Gasteiger charge is 2.48. The second kappa shape index (κ2) is 15.8. The summed E-state index contributed by atoms with van der Waals surface area (Å²) in [5, 5.41) is 51.2. The Bertz CT molecular complexity index is 1800. The molecule has 15 heteroatoms. The lowest BCUT2D eigenvalue weighted by atomic mass is 9.96. The van der Waals surface area contributed by atoms with Crippen LogP contribution in [0.2, 0.25) is 5.02 Å². The van der Waals surface area contributed by atoms with Crippen molar-refractivity contribution >= 4 is 27.5 Å². The minimum absolute atomic E-state index is 0.0622. The van der Waals surface area contributed by atoms with Crippen LogP contribution in [0.15, 0.2) is 65.8 Å². The maximum atomic E-state index is 13.7. The van der Waals surface area contributed by atoms with Gasteiger partial charge >= 0.3 is 0 Å². The van der Waals surface area contributed by atoms with E-state index < -0.39 is 65.0 Å². The van der Waals surface area contributed by atoms with Crippen molar-refractivity contribution in [2.24, 2.45) is 5.92 Å². The number of sulfonamides is 1. The van der Waals surface area contributed by atoms with E-state index in [1.54, 1.807) is 12.3 Å². The minimum Gasteiger partial charge on any atom is -0.490 e. The number of aromatic nitrogens is 1. The number of aliphatic hydroxyl groups is 5. The lowest BCUT2D eigenvalue weighted by molar-refractivity contribution is -0.130. The van der Waals surface area contributed by atoms with Gasteiger partial charge in [0.2, 0.25) is 15.9 Å². The number of carbonyl (C=O) groups excluding carboxylic acids is 1. The van der Waals surface area contributed by atoms with Gasteiger partial charge in [-0.15, -0.1) is 0 Å². The van der Waals surface area contributed by atoms with E-state index >= 15 is 0 Å². The molecular formula is C36H44ClN3O10S. The molecule has 276 valence electrons. The molecule has 1 amide bonds. The second-order valence-electron chi connectivity index (χ2n) is 13.5. The smallest absolute Gasteiger partial charge is 0.243 e. The van der Waals surface area contributed by atoms with Gasteiger partial charge in [-0.25, -0.2) is 8.42 Å². The van der Waals surface area contributed by atoms with Gasteiger partial charge in [-0.1, -0.05) is 29.8 Å². The predicted molar refractivity (Wildman–Crippen MR) is 186 cm³/mol. The number of hydrogen-bond donors (Lipinski definition) is 6. The maximum absolute atomic E-state index is 13.7. The molecule has 2 saturated carbocycles. The van der Waals surface area contributed by atoms with Gasteiger partial charge in [0.05, 0.1) is 35.9 Å². The number of halogens is 1. The Hall–Kier alpha value is -3.18. The molecular weight excluding hydrogens is 702 g/mol. The lowest BCUT2D eigenvalue weighted by Crippen LogP contribution is -2.50. The lowest BCUT2D eigenvalue weighted by Gasteiger charge is -2.31. The number of benzene rings is 2. The first kappa shape index (κ1) is 37.6. The fraction of sp³-hybridized carbons (Fsp3) is 0.500. The van der Waals surface area contributed by atoms with Crippen LogP contribution in [0.5, 0.6) is 5.75 Å². The standard InChI is InChI=1S/C36H44ClN3O10S/c37-29-8-7-25(51(47,48)40-15-10-22(11-16-40)35(46)39-19-30(42)33(44)34(45)31(43)20-41)17-23(29)21-49-36(12-13-36)28-18-38-14-9-26(28)27-3-1-2-4-32(27)50-24-5-6-24/h1-4,7-9,14,17-18,22,24,30-31,33-34,41-45H,5-6,10-13,15-16,19-21H2,(H,39,46)/t30-,31+,33+,34+/m0/s1. The number of aliphatic hydroxyl groups excluding tert-OH is 5. The molecule has 2 aromatic carbocycles. The van der Waals surface area contributed by atoms with E-state index in [9.17, 15) is 33.6 Å². The van der Waals surface area contributed by atoms with E-state index in [0.717, 1.165) is 48.1 Å². The number of nitrogens with one attached hydrogen (secondary N) is 1. The molecule has 4 atom stereocenters. The molecule has 51 heavy (non-hydrogen) atoms. The van der Waals surface area contributed by atoms with Crippen LogP contribution >= 0.6 is 11.6 Å². The average molecular weight is 746 g/mol. The van der Waals surface area contributed by atoms with E-state index in [2.05, 4.69) is 10.3 Å². The van der Waals surface area contributed by atoms with Crippen LogP contribution in [-0.4, -0.2) is 106 Å². The summed E-state index contributed by atoms with van der Waals surface area (Å²) in [5.41, 5.74) is 2.80. The Morgan fingerprint density at radius 1 is 0.980 bits per heavy atom. The topological polar surface area (TPSA) is 199 Å². The number of para-hydroxylation sites is 1. The van der Waals surface area contributed by atoms with Gasteiger partial charge in [-0.3, -0.25) is 9.78 Å². The van der Waals surface area contributed by atoms with Crippen LogP contribution in [0.4, 0.5) is 0 Å². The molecule has 13 nitrogen and oxygen atoms in total. The van der Waals surface area contributed by atoms with Crippen molar-refractivity contribution in [3.05, 3.63) is 77.1 Å². The van der Waals surface area contributed by atoms with E-state index in [1.807, 2.05) is 36.5 Å². The van der Waals surface area contributed by atoms with E-state index in [0.29, 0.717) is 10.6 Å². The van der Waals surface area contributed by atoms with Crippen molar-refractivity contribution in [1.82, 2.24) is 14.6 Å². The Morgan fingerprint density at radius 3 is 2.37 bits per heavy atom. The highest BCUT2D eigenvalue weighted by atomic mass is 35.5. The van der Waals surface area contributed by atoms with Crippen LogP contribution < -0.4 is 10.1 Å². The molecule has 3 aliphatic rings. The molecule has 0 spiro atoms. The van der Waals surface area contributed by atoms with Gasteiger partial charge in [0.15, 0.2) is 0 Å². The summed E-state index contributed by atoms with van der Waals surface area (Å²) in [5.74, 6) is -0.159. The average Bonchev–Trinajstić information content (AvgIpc) is 4.10. The number of carbonyl (C=O) groups is 1. The summed E-state index contributed by atoms with van der Waals surface area (Å²) in [6.45, 7) is -0.977. The quantitative estimate of drug-likeness (QED) is 0.126. The Morgan fingerprint density at radius 2 is 1.69 bits per heavy atom. The maximum Gasteiger partial charge on any atom is 0.243 e. The molecule has 1 aromatic heterocycles. The molecule has 3 aromatic rings. The highest BCUT2D eigenvalue weighted by molar-refractivity contribution is 7.89. The summed E-state index contributed by atoms with van der Waals surface area (Å²) in [7, 11) is -3.93. The van der Waals surface area contributed by atoms with Gasteiger partial charge in [0.1, 0.15) is 24.1 Å². The number of pyridine rings is 1. The molecule has 2 aliphatic carbocycles. The highest BCUT2D eigenvalue weighted by Crippen LogP contribution is 2.53. The zero-order valence-corrected chi connectivity index (χ0v) is 29.5. The summed E-state index contributed by atoms with van der Waals surface area (Å²) in [6, 6.07) is 14.4. The normalized spacial score (nSPS) is 20.3. The molecule has 1 saturated heterocycles. The van der Waals surface area contributed by atoms with Gasteiger partial charge in [-0.05, 0) is 80.0 Å². The first-order chi connectivity index (χ1) is 24.4.